The van der Waals surface area contributed by atoms with Gasteiger partial charge in [-0.3, -0.25) is 4.79 Å². The van der Waals surface area contributed by atoms with E-state index in [9.17, 15) is 4.79 Å². The molecule has 1 saturated carbocycles. The van der Waals surface area contributed by atoms with E-state index in [4.69, 9.17) is 0 Å². The lowest BCUT2D eigenvalue weighted by Crippen LogP contribution is -2.28. The second kappa shape index (κ2) is 7.49. The molecule has 3 heteroatoms. The number of unbranched alkanes of at least 4 members (excludes halogenated alkanes) is 2. The minimum atomic E-state index is 0.268. The highest BCUT2D eigenvalue weighted by Crippen LogP contribution is 2.28. The normalized spacial score (nSPS) is 16.4. The molecule has 0 aromatic carbocycles. The topological polar surface area (TPSA) is 29.1 Å². The number of alkyl halides is 1. The van der Waals surface area contributed by atoms with Crippen LogP contribution < -0.4 is 5.32 Å². The molecular formula is C11H20INO. The lowest BCUT2D eigenvalue weighted by atomic mass is 9.83. The van der Waals surface area contributed by atoms with Gasteiger partial charge in [-0.2, -0.15) is 0 Å². The first kappa shape index (κ1) is 12.3. The summed E-state index contributed by atoms with van der Waals surface area (Å²) in [5, 5.41) is 3.00. The molecule has 0 atom stereocenters. The molecule has 2 nitrogen and oxygen atoms in total. The SMILES string of the molecule is O=C(CC1CCC1)NCCCCCI. The van der Waals surface area contributed by atoms with E-state index in [0.717, 1.165) is 19.4 Å². The summed E-state index contributed by atoms with van der Waals surface area (Å²) in [7, 11) is 0. The highest BCUT2D eigenvalue weighted by Gasteiger charge is 2.19. The van der Waals surface area contributed by atoms with Crippen molar-refractivity contribution >= 4 is 28.5 Å². The molecule has 0 aromatic rings. The first-order valence-electron chi connectivity index (χ1n) is 5.65. The van der Waals surface area contributed by atoms with Crippen molar-refractivity contribution in [3.63, 3.8) is 0 Å². The van der Waals surface area contributed by atoms with Crippen LogP contribution in [0.3, 0.4) is 0 Å². The number of rotatable bonds is 7. The van der Waals surface area contributed by atoms with Crippen LogP contribution in [0.25, 0.3) is 0 Å². The molecule has 1 fully saturated rings. The van der Waals surface area contributed by atoms with Crippen LogP contribution in [0.2, 0.25) is 0 Å². The van der Waals surface area contributed by atoms with Crippen molar-refractivity contribution in [2.45, 2.75) is 44.9 Å². The van der Waals surface area contributed by atoms with E-state index in [1.165, 1.54) is 36.5 Å². The van der Waals surface area contributed by atoms with Crippen molar-refractivity contribution in [2.24, 2.45) is 5.92 Å². The van der Waals surface area contributed by atoms with Crippen molar-refractivity contribution in [1.82, 2.24) is 5.32 Å². The molecule has 0 radical (unpaired) electrons. The summed E-state index contributed by atoms with van der Waals surface area (Å²) in [5.41, 5.74) is 0. The third-order valence-electron chi connectivity index (χ3n) is 2.83. The average Bonchev–Trinajstić information content (AvgIpc) is 2.11. The Balaban J connectivity index is 1.87. The van der Waals surface area contributed by atoms with E-state index in [0.29, 0.717) is 5.92 Å². The van der Waals surface area contributed by atoms with E-state index < -0.39 is 0 Å². The van der Waals surface area contributed by atoms with E-state index in [1.807, 2.05) is 0 Å². The molecule has 14 heavy (non-hydrogen) atoms. The van der Waals surface area contributed by atoms with Crippen LogP contribution in [0.15, 0.2) is 0 Å². The van der Waals surface area contributed by atoms with Gasteiger partial charge in [0.05, 0.1) is 0 Å². The number of hydrogen-bond acceptors (Lipinski definition) is 1. The molecule has 0 bridgehead atoms. The Hall–Kier alpha value is 0.200. The van der Waals surface area contributed by atoms with Crippen LogP contribution >= 0.6 is 22.6 Å². The molecule has 1 aliphatic rings. The van der Waals surface area contributed by atoms with Crippen molar-refractivity contribution in [2.75, 3.05) is 11.0 Å². The third-order valence-corrected chi connectivity index (χ3v) is 3.59. The molecule has 82 valence electrons. The Bertz CT molecular complexity index is 169. The van der Waals surface area contributed by atoms with Gasteiger partial charge in [-0.25, -0.2) is 0 Å². The fourth-order valence-electron chi connectivity index (χ4n) is 1.66. The van der Waals surface area contributed by atoms with Gasteiger partial charge in [-0.05, 0) is 36.0 Å². The monoisotopic (exact) mass is 309 g/mol. The minimum absolute atomic E-state index is 0.268. The van der Waals surface area contributed by atoms with Crippen molar-refractivity contribution < 1.29 is 4.79 Å². The second-order valence-corrected chi connectivity index (χ2v) is 5.18. The number of hydrogen-bond donors (Lipinski definition) is 1. The molecule has 0 heterocycles. The fraction of sp³-hybridized carbons (Fsp3) is 0.909. The summed E-state index contributed by atoms with van der Waals surface area (Å²) in [6.07, 6.45) is 8.29. The summed E-state index contributed by atoms with van der Waals surface area (Å²) in [5.74, 6) is 0.966. The first-order chi connectivity index (χ1) is 6.83. The number of carbonyl (C=O) groups is 1. The lowest BCUT2D eigenvalue weighted by Gasteiger charge is -2.24. The molecule has 0 aromatic heterocycles. The molecular weight excluding hydrogens is 289 g/mol. The highest BCUT2D eigenvalue weighted by atomic mass is 127. The highest BCUT2D eigenvalue weighted by molar-refractivity contribution is 14.1. The molecule has 1 amide bonds. The lowest BCUT2D eigenvalue weighted by molar-refractivity contribution is -0.122. The van der Waals surface area contributed by atoms with Gasteiger partial charge in [-0.15, -0.1) is 0 Å². The number of halogens is 1. The first-order valence-corrected chi connectivity index (χ1v) is 7.18. The van der Waals surface area contributed by atoms with Crippen LogP contribution in [-0.2, 0) is 4.79 Å². The Morgan fingerprint density at radius 1 is 1.29 bits per heavy atom. The van der Waals surface area contributed by atoms with Gasteiger partial charge in [0.2, 0.25) is 5.91 Å². The van der Waals surface area contributed by atoms with E-state index >= 15 is 0 Å². The Labute approximate surface area is 100 Å². The molecule has 1 rings (SSSR count). The Morgan fingerprint density at radius 3 is 2.64 bits per heavy atom. The van der Waals surface area contributed by atoms with Gasteiger partial charge in [0.15, 0.2) is 0 Å². The fourth-order valence-corrected chi connectivity index (χ4v) is 2.19. The minimum Gasteiger partial charge on any atom is -0.356 e. The Morgan fingerprint density at radius 2 is 2.07 bits per heavy atom. The molecule has 1 N–H and O–H groups in total. The van der Waals surface area contributed by atoms with Crippen LogP contribution in [0.4, 0.5) is 0 Å². The summed E-state index contributed by atoms with van der Waals surface area (Å²) < 4.78 is 1.23. The van der Waals surface area contributed by atoms with E-state index in [2.05, 4.69) is 27.9 Å². The second-order valence-electron chi connectivity index (χ2n) is 4.10. The van der Waals surface area contributed by atoms with Gasteiger partial charge < -0.3 is 5.32 Å². The zero-order valence-corrected chi connectivity index (χ0v) is 10.9. The third kappa shape index (κ3) is 5.17. The maximum atomic E-state index is 11.4. The Kier molecular flexibility index (Phi) is 6.56. The van der Waals surface area contributed by atoms with Crippen molar-refractivity contribution in [1.29, 1.82) is 0 Å². The average molecular weight is 309 g/mol. The molecule has 0 spiro atoms. The molecule has 0 saturated heterocycles. The quantitative estimate of drug-likeness (QED) is 0.437. The largest absolute Gasteiger partial charge is 0.356 e. The van der Waals surface area contributed by atoms with Gasteiger partial charge in [0, 0.05) is 13.0 Å². The summed E-state index contributed by atoms with van der Waals surface area (Å²) >= 11 is 2.39. The summed E-state index contributed by atoms with van der Waals surface area (Å²) in [6, 6.07) is 0. The van der Waals surface area contributed by atoms with Crippen LogP contribution in [0, 0.1) is 5.92 Å². The summed E-state index contributed by atoms with van der Waals surface area (Å²) in [6.45, 7) is 0.877. The molecule has 1 aliphatic carbocycles. The van der Waals surface area contributed by atoms with E-state index in [1.54, 1.807) is 0 Å². The molecule has 0 unspecified atom stereocenters. The predicted octanol–water partition coefficient (Wildman–Crippen LogP) is 2.90. The van der Waals surface area contributed by atoms with Gasteiger partial charge >= 0.3 is 0 Å². The van der Waals surface area contributed by atoms with Gasteiger partial charge in [0.1, 0.15) is 0 Å². The van der Waals surface area contributed by atoms with Crippen molar-refractivity contribution in [3.8, 4) is 0 Å². The number of amides is 1. The zero-order valence-electron chi connectivity index (χ0n) is 8.73. The van der Waals surface area contributed by atoms with Gasteiger partial charge in [-0.1, -0.05) is 35.4 Å². The van der Waals surface area contributed by atoms with Crippen LogP contribution in [-0.4, -0.2) is 16.9 Å². The molecule has 0 aliphatic heterocycles. The van der Waals surface area contributed by atoms with Gasteiger partial charge in [0.25, 0.3) is 0 Å². The van der Waals surface area contributed by atoms with Crippen LogP contribution in [0.1, 0.15) is 44.9 Å². The van der Waals surface area contributed by atoms with Crippen molar-refractivity contribution in [3.05, 3.63) is 0 Å². The van der Waals surface area contributed by atoms with E-state index in [-0.39, 0.29) is 5.91 Å². The maximum Gasteiger partial charge on any atom is 0.220 e. The standard InChI is InChI=1S/C11H20INO/c12-7-2-1-3-8-13-11(14)9-10-5-4-6-10/h10H,1-9H2,(H,13,14). The zero-order chi connectivity index (χ0) is 10.2. The smallest absolute Gasteiger partial charge is 0.220 e. The summed E-state index contributed by atoms with van der Waals surface area (Å²) in [4.78, 5) is 11.4. The number of carbonyl (C=O) groups excluding carboxylic acids is 1. The number of nitrogens with one attached hydrogen (secondary N) is 1. The van der Waals surface area contributed by atoms with Crippen LogP contribution in [0.5, 0.6) is 0 Å². The predicted molar refractivity (Wildman–Crippen MR) is 67.7 cm³/mol. The maximum absolute atomic E-state index is 11.4.